The molecule has 0 unspecified atom stereocenters. The van der Waals surface area contributed by atoms with Crippen molar-refractivity contribution < 1.29 is 28.2 Å². The summed E-state index contributed by atoms with van der Waals surface area (Å²) < 4.78 is 26.9. The highest BCUT2D eigenvalue weighted by Gasteiger charge is 2.35. The van der Waals surface area contributed by atoms with Crippen LogP contribution in [0.4, 0.5) is 13.6 Å². The molecule has 0 saturated carbocycles. The van der Waals surface area contributed by atoms with Crippen molar-refractivity contribution in [1.82, 2.24) is 10.6 Å². The first-order valence-corrected chi connectivity index (χ1v) is 10.1. The lowest BCUT2D eigenvalue weighted by atomic mass is 9.96. The van der Waals surface area contributed by atoms with Gasteiger partial charge in [0, 0.05) is 18.2 Å². The summed E-state index contributed by atoms with van der Waals surface area (Å²) >= 11 is 0. The van der Waals surface area contributed by atoms with Gasteiger partial charge in [0.25, 0.3) is 5.91 Å². The Hall–Kier alpha value is -2.84. The standard InChI is InChI=1S/C22H26F2N4O2/c1-15(21(29)26-22(30)25-2)27-11-13-28(14-12-27)20(16-3-7-18(23)8-4-16)17-5-9-19(24)10-6-17/h3-10,15,20H,11-14H2,1-2H3,(H2,25,26,29,30)/p+2/t15-/m1/s1. The molecule has 1 atom stereocenters. The number of carbonyl (C=O) groups excluding carboxylic acids is 2. The number of hydrogen-bond acceptors (Lipinski definition) is 2. The number of urea groups is 1. The lowest BCUT2D eigenvalue weighted by Gasteiger charge is -2.36. The normalized spacial score (nSPS) is 19.9. The van der Waals surface area contributed by atoms with E-state index in [0.717, 1.165) is 42.2 Å². The maximum absolute atomic E-state index is 13.5. The first-order valence-electron chi connectivity index (χ1n) is 10.1. The van der Waals surface area contributed by atoms with E-state index >= 15 is 0 Å². The van der Waals surface area contributed by atoms with Crippen LogP contribution < -0.4 is 20.4 Å². The summed E-state index contributed by atoms with van der Waals surface area (Å²) in [5.74, 6) is -0.893. The van der Waals surface area contributed by atoms with Crippen molar-refractivity contribution in [3.05, 3.63) is 71.3 Å². The zero-order valence-electron chi connectivity index (χ0n) is 17.2. The van der Waals surface area contributed by atoms with Gasteiger partial charge in [-0.15, -0.1) is 0 Å². The highest BCUT2D eigenvalue weighted by Crippen LogP contribution is 2.20. The Kier molecular flexibility index (Phi) is 7.12. The number of halogens is 2. The first-order chi connectivity index (χ1) is 14.4. The Bertz CT molecular complexity index is 820. The molecule has 0 spiro atoms. The molecule has 2 aromatic carbocycles. The van der Waals surface area contributed by atoms with Crippen LogP contribution in [-0.2, 0) is 4.79 Å². The van der Waals surface area contributed by atoms with Crippen molar-refractivity contribution >= 4 is 11.9 Å². The molecule has 6 nitrogen and oxygen atoms in total. The third-order valence-corrected chi connectivity index (χ3v) is 5.82. The van der Waals surface area contributed by atoms with E-state index in [1.54, 1.807) is 24.3 Å². The minimum atomic E-state index is -0.511. The summed E-state index contributed by atoms with van der Waals surface area (Å²) in [6.07, 6.45) is 0. The van der Waals surface area contributed by atoms with Gasteiger partial charge in [-0.2, -0.15) is 0 Å². The maximum Gasteiger partial charge on any atom is 0.321 e. The monoisotopic (exact) mass is 418 g/mol. The molecule has 0 radical (unpaired) electrons. The largest absolute Gasteiger partial charge is 0.341 e. The molecule has 3 rings (SSSR count). The highest BCUT2D eigenvalue weighted by atomic mass is 19.1. The molecule has 0 bridgehead atoms. The molecule has 4 N–H and O–H groups in total. The Morgan fingerprint density at radius 3 is 1.70 bits per heavy atom. The van der Waals surface area contributed by atoms with E-state index in [1.807, 2.05) is 6.92 Å². The zero-order chi connectivity index (χ0) is 21.7. The summed E-state index contributed by atoms with van der Waals surface area (Å²) in [6, 6.07) is 11.9. The van der Waals surface area contributed by atoms with Gasteiger partial charge < -0.3 is 15.1 Å². The van der Waals surface area contributed by atoms with Crippen LogP contribution in [0.1, 0.15) is 24.1 Å². The van der Waals surface area contributed by atoms with Crippen LogP contribution in [-0.4, -0.2) is 51.2 Å². The molecule has 8 heteroatoms. The summed E-state index contributed by atoms with van der Waals surface area (Å²) in [5, 5.41) is 4.72. The number of quaternary nitrogens is 2. The predicted octanol–water partition coefficient (Wildman–Crippen LogP) is -0.318. The Balaban J connectivity index is 1.73. The van der Waals surface area contributed by atoms with Crippen LogP contribution in [0.5, 0.6) is 0 Å². The number of rotatable bonds is 5. The van der Waals surface area contributed by atoms with Gasteiger partial charge >= 0.3 is 6.03 Å². The van der Waals surface area contributed by atoms with Gasteiger partial charge in [-0.3, -0.25) is 10.1 Å². The fourth-order valence-corrected chi connectivity index (χ4v) is 4.06. The number of benzene rings is 2. The molecule has 0 aromatic heterocycles. The molecule has 1 aliphatic rings. The van der Waals surface area contributed by atoms with Crippen molar-refractivity contribution in [2.45, 2.75) is 19.0 Å². The topological polar surface area (TPSA) is 67.1 Å². The minimum absolute atomic E-state index is 0.0530. The summed E-state index contributed by atoms with van der Waals surface area (Å²) in [6.45, 7) is 4.88. The molecule has 160 valence electrons. The van der Waals surface area contributed by atoms with Gasteiger partial charge in [0.15, 0.2) is 6.04 Å². The van der Waals surface area contributed by atoms with Gasteiger partial charge in [0.2, 0.25) is 0 Å². The molecule has 1 fully saturated rings. The van der Waals surface area contributed by atoms with E-state index in [2.05, 4.69) is 10.6 Å². The van der Waals surface area contributed by atoms with Crippen molar-refractivity contribution in [2.75, 3.05) is 33.2 Å². The fourth-order valence-electron chi connectivity index (χ4n) is 4.06. The maximum atomic E-state index is 13.5. The van der Waals surface area contributed by atoms with E-state index in [-0.39, 0.29) is 29.6 Å². The van der Waals surface area contributed by atoms with Crippen LogP contribution in [0.25, 0.3) is 0 Å². The second-order valence-corrected chi connectivity index (χ2v) is 7.64. The Morgan fingerprint density at radius 1 is 0.833 bits per heavy atom. The quantitative estimate of drug-likeness (QED) is 0.538. The van der Waals surface area contributed by atoms with Gasteiger partial charge in [-0.05, 0) is 55.5 Å². The number of carbonyl (C=O) groups is 2. The Morgan fingerprint density at radius 2 is 1.27 bits per heavy atom. The summed E-state index contributed by atoms with van der Waals surface area (Å²) in [7, 11) is 1.47. The molecular weight excluding hydrogens is 390 g/mol. The molecule has 2 aromatic rings. The molecule has 1 saturated heterocycles. The average Bonchev–Trinajstić information content (AvgIpc) is 2.76. The van der Waals surface area contributed by atoms with Crippen molar-refractivity contribution in [2.24, 2.45) is 0 Å². The van der Waals surface area contributed by atoms with Crippen LogP contribution in [0.15, 0.2) is 48.5 Å². The number of amides is 3. The minimum Gasteiger partial charge on any atom is -0.341 e. The SMILES string of the molecule is CNC(=O)NC(=O)[C@@H](C)[NH+]1CC[NH+](C(c2ccc(F)cc2)c2ccc(F)cc2)CC1. The van der Waals surface area contributed by atoms with Crippen molar-refractivity contribution in [3.8, 4) is 0 Å². The molecule has 3 amide bonds. The molecular formula is C22H28F2N4O2+2. The molecule has 0 aliphatic carbocycles. The highest BCUT2D eigenvalue weighted by molar-refractivity contribution is 5.96. The third kappa shape index (κ3) is 5.20. The molecule has 30 heavy (non-hydrogen) atoms. The van der Waals surface area contributed by atoms with E-state index in [0.29, 0.717) is 0 Å². The number of imide groups is 1. The average molecular weight is 418 g/mol. The van der Waals surface area contributed by atoms with Crippen LogP contribution in [0.3, 0.4) is 0 Å². The van der Waals surface area contributed by atoms with Crippen LogP contribution in [0.2, 0.25) is 0 Å². The number of piperazine rings is 1. The summed E-state index contributed by atoms with van der Waals surface area (Å²) in [5.41, 5.74) is 1.93. The van der Waals surface area contributed by atoms with Crippen LogP contribution in [0, 0.1) is 11.6 Å². The van der Waals surface area contributed by atoms with E-state index in [4.69, 9.17) is 0 Å². The lowest BCUT2D eigenvalue weighted by molar-refractivity contribution is -1.03. The predicted molar refractivity (Wildman–Crippen MR) is 108 cm³/mol. The first kappa shape index (κ1) is 21.9. The Labute approximate surface area is 174 Å². The van der Waals surface area contributed by atoms with E-state index in [9.17, 15) is 18.4 Å². The smallest absolute Gasteiger partial charge is 0.321 e. The molecule has 1 aliphatic heterocycles. The second kappa shape index (κ2) is 9.77. The lowest BCUT2D eigenvalue weighted by Crippen LogP contribution is -3.30. The van der Waals surface area contributed by atoms with Gasteiger partial charge in [-0.25, -0.2) is 13.6 Å². The van der Waals surface area contributed by atoms with E-state index < -0.39 is 6.03 Å². The number of hydrogen-bond donors (Lipinski definition) is 4. The van der Waals surface area contributed by atoms with Crippen molar-refractivity contribution in [3.63, 3.8) is 0 Å². The third-order valence-electron chi connectivity index (χ3n) is 5.82. The van der Waals surface area contributed by atoms with E-state index in [1.165, 1.54) is 36.2 Å². The summed E-state index contributed by atoms with van der Waals surface area (Å²) in [4.78, 5) is 26.0. The number of nitrogens with one attached hydrogen (secondary N) is 4. The second-order valence-electron chi connectivity index (χ2n) is 7.64. The fraction of sp³-hybridized carbons (Fsp3) is 0.364. The van der Waals surface area contributed by atoms with Gasteiger partial charge in [-0.1, -0.05) is 0 Å². The van der Waals surface area contributed by atoms with Gasteiger partial charge in [0.05, 0.1) is 0 Å². The van der Waals surface area contributed by atoms with Gasteiger partial charge in [0.1, 0.15) is 43.9 Å². The molecule has 1 heterocycles. The van der Waals surface area contributed by atoms with Crippen molar-refractivity contribution in [1.29, 1.82) is 0 Å². The van der Waals surface area contributed by atoms with Crippen LogP contribution >= 0.6 is 0 Å². The zero-order valence-corrected chi connectivity index (χ0v) is 17.2.